The lowest BCUT2D eigenvalue weighted by Gasteiger charge is -2.37. The summed E-state index contributed by atoms with van der Waals surface area (Å²) >= 11 is 12.5. The summed E-state index contributed by atoms with van der Waals surface area (Å²) in [5, 5.41) is 1.07. The molecule has 1 unspecified atom stereocenters. The van der Waals surface area contributed by atoms with Gasteiger partial charge in [0, 0.05) is 64.3 Å². The van der Waals surface area contributed by atoms with Crippen LogP contribution in [0.3, 0.4) is 0 Å². The minimum Gasteiger partial charge on any atom is -0.341 e. The lowest BCUT2D eigenvalue weighted by molar-refractivity contribution is 0.0779. The van der Waals surface area contributed by atoms with Gasteiger partial charge in [-0.05, 0) is 55.6 Å². The first-order valence-electron chi connectivity index (χ1n) is 12.3. The Balaban J connectivity index is 0.00000361. The van der Waals surface area contributed by atoms with E-state index in [0.29, 0.717) is 28.2 Å². The number of piperidine rings is 1. The average molecular weight is 554 g/mol. The Kier molecular flexibility index (Phi) is 10.3. The number of halogens is 3. The number of likely N-dealkylation sites (N-methyl/N-ethyl adjacent to an activating group) is 2. The molecule has 2 fully saturated rings. The van der Waals surface area contributed by atoms with Crippen LogP contribution in [0.25, 0.3) is 0 Å². The molecule has 6 nitrogen and oxygen atoms in total. The van der Waals surface area contributed by atoms with Gasteiger partial charge in [-0.2, -0.15) is 0 Å². The topological polar surface area (TPSA) is 47.1 Å². The monoisotopic (exact) mass is 552 g/mol. The molecule has 2 aliphatic rings. The number of urea groups is 1. The second kappa shape index (κ2) is 13.0. The molecule has 9 heteroatoms. The molecular weight excluding hydrogens is 519 g/mol. The van der Waals surface area contributed by atoms with Gasteiger partial charge >= 0.3 is 6.03 Å². The second-order valence-corrected chi connectivity index (χ2v) is 10.5. The molecular formula is C27H35Cl3N4O2. The van der Waals surface area contributed by atoms with Gasteiger partial charge in [0.2, 0.25) is 0 Å². The van der Waals surface area contributed by atoms with E-state index >= 15 is 0 Å². The Morgan fingerprint density at radius 3 is 2.33 bits per heavy atom. The van der Waals surface area contributed by atoms with Crippen molar-refractivity contribution in [3.8, 4) is 0 Å². The van der Waals surface area contributed by atoms with Crippen LogP contribution in [0.4, 0.5) is 4.79 Å². The standard InChI is InChI=1S/C27H34Cl2N4O2.ClH/c1-30-16-17-33(27(30)35)23-11-14-32(15-12-23)13-10-22(21-8-9-24(28)25(29)18-21)19-31(2)26(34)20-6-4-3-5-7-20;/h3-9,18,22-23H,10-17,19H2,1-2H3;1H. The highest BCUT2D eigenvalue weighted by Gasteiger charge is 2.33. The summed E-state index contributed by atoms with van der Waals surface area (Å²) in [5.74, 6) is 0.144. The maximum Gasteiger partial charge on any atom is 0.320 e. The van der Waals surface area contributed by atoms with E-state index in [9.17, 15) is 9.59 Å². The van der Waals surface area contributed by atoms with Gasteiger partial charge < -0.3 is 19.6 Å². The lowest BCUT2D eigenvalue weighted by Crippen LogP contribution is -2.46. The van der Waals surface area contributed by atoms with Crippen molar-refractivity contribution in [3.63, 3.8) is 0 Å². The third kappa shape index (κ3) is 6.86. The van der Waals surface area contributed by atoms with Crippen molar-refractivity contribution in [3.05, 3.63) is 69.7 Å². The lowest BCUT2D eigenvalue weighted by atomic mass is 9.94. The summed E-state index contributed by atoms with van der Waals surface area (Å²) in [6, 6.07) is 15.7. The summed E-state index contributed by atoms with van der Waals surface area (Å²) in [7, 11) is 3.73. The number of carbonyl (C=O) groups is 2. The average Bonchev–Trinajstić information content (AvgIpc) is 3.21. The van der Waals surface area contributed by atoms with E-state index < -0.39 is 0 Å². The van der Waals surface area contributed by atoms with E-state index in [1.807, 2.05) is 67.5 Å². The molecule has 2 aromatic carbocycles. The van der Waals surface area contributed by atoms with Gasteiger partial charge in [-0.15, -0.1) is 12.4 Å². The van der Waals surface area contributed by atoms with Crippen LogP contribution in [0.1, 0.15) is 41.1 Å². The fraction of sp³-hybridized carbons (Fsp3) is 0.481. The van der Waals surface area contributed by atoms with Crippen molar-refractivity contribution in [1.29, 1.82) is 0 Å². The Bertz CT molecular complexity index is 1030. The summed E-state index contributed by atoms with van der Waals surface area (Å²) in [4.78, 5) is 33.5. The highest BCUT2D eigenvalue weighted by Crippen LogP contribution is 2.30. The first kappa shape index (κ1) is 28.6. The second-order valence-electron chi connectivity index (χ2n) is 9.68. The minimum atomic E-state index is 0. The number of benzene rings is 2. The third-order valence-corrected chi connectivity index (χ3v) is 8.06. The Hall–Kier alpha value is -1.99. The van der Waals surface area contributed by atoms with Gasteiger partial charge in [0.05, 0.1) is 10.0 Å². The number of rotatable bonds is 8. The van der Waals surface area contributed by atoms with Gasteiger partial charge in [-0.3, -0.25) is 4.79 Å². The summed E-state index contributed by atoms with van der Waals surface area (Å²) in [5.41, 5.74) is 1.78. The summed E-state index contributed by atoms with van der Waals surface area (Å²) in [6.45, 7) is 5.13. The van der Waals surface area contributed by atoms with Crippen LogP contribution in [0.2, 0.25) is 10.0 Å². The zero-order chi connectivity index (χ0) is 24.9. The third-order valence-electron chi connectivity index (χ3n) is 7.32. The Morgan fingerprint density at radius 2 is 1.72 bits per heavy atom. The van der Waals surface area contributed by atoms with Crippen molar-refractivity contribution >= 4 is 47.5 Å². The molecule has 0 aromatic heterocycles. The molecule has 2 heterocycles. The van der Waals surface area contributed by atoms with Crippen LogP contribution in [-0.4, -0.2) is 90.9 Å². The molecule has 36 heavy (non-hydrogen) atoms. The van der Waals surface area contributed by atoms with Crippen LogP contribution in [0.5, 0.6) is 0 Å². The van der Waals surface area contributed by atoms with E-state index in [2.05, 4.69) is 4.90 Å². The first-order valence-corrected chi connectivity index (χ1v) is 13.1. The number of hydrogen-bond donors (Lipinski definition) is 0. The van der Waals surface area contributed by atoms with Crippen molar-refractivity contribution in [1.82, 2.24) is 19.6 Å². The smallest absolute Gasteiger partial charge is 0.320 e. The van der Waals surface area contributed by atoms with Gasteiger partial charge in [-0.1, -0.05) is 47.5 Å². The molecule has 4 rings (SSSR count). The molecule has 2 aliphatic heterocycles. The predicted octanol–water partition coefficient (Wildman–Crippen LogP) is 5.49. The highest BCUT2D eigenvalue weighted by molar-refractivity contribution is 6.42. The Labute approximate surface area is 230 Å². The van der Waals surface area contributed by atoms with E-state index in [4.69, 9.17) is 23.2 Å². The molecule has 3 amide bonds. The highest BCUT2D eigenvalue weighted by atomic mass is 35.5. The maximum absolute atomic E-state index is 13.0. The summed E-state index contributed by atoms with van der Waals surface area (Å²) in [6.07, 6.45) is 2.91. The SMILES string of the molecule is CN(CC(CCN1CCC(N2CCN(C)C2=O)CC1)c1ccc(Cl)c(Cl)c1)C(=O)c1ccccc1.Cl. The fourth-order valence-corrected chi connectivity index (χ4v) is 5.45. The van der Waals surface area contributed by atoms with Crippen molar-refractivity contribution in [2.45, 2.75) is 31.2 Å². The van der Waals surface area contributed by atoms with Gasteiger partial charge in [0.15, 0.2) is 0 Å². The molecule has 0 radical (unpaired) electrons. The predicted molar refractivity (Wildman–Crippen MR) is 149 cm³/mol. The molecule has 0 spiro atoms. The molecule has 0 N–H and O–H groups in total. The summed E-state index contributed by atoms with van der Waals surface area (Å²) < 4.78 is 0. The van der Waals surface area contributed by atoms with E-state index in [-0.39, 0.29) is 30.3 Å². The first-order chi connectivity index (χ1) is 16.8. The molecule has 0 saturated carbocycles. The number of carbonyl (C=O) groups excluding carboxylic acids is 2. The van der Waals surface area contributed by atoms with E-state index in [1.165, 1.54) is 0 Å². The van der Waals surface area contributed by atoms with Gasteiger partial charge in [0.1, 0.15) is 0 Å². The van der Waals surface area contributed by atoms with E-state index in [1.54, 1.807) is 9.80 Å². The van der Waals surface area contributed by atoms with Crippen LogP contribution >= 0.6 is 35.6 Å². The molecule has 2 aromatic rings. The van der Waals surface area contributed by atoms with Crippen LogP contribution in [-0.2, 0) is 0 Å². The zero-order valence-corrected chi connectivity index (χ0v) is 23.2. The largest absolute Gasteiger partial charge is 0.341 e. The molecule has 1 atom stereocenters. The van der Waals surface area contributed by atoms with Crippen molar-refractivity contribution in [2.24, 2.45) is 0 Å². The van der Waals surface area contributed by atoms with Crippen LogP contribution in [0.15, 0.2) is 48.5 Å². The van der Waals surface area contributed by atoms with Crippen LogP contribution in [0, 0.1) is 0 Å². The number of likely N-dealkylation sites (tertiary alicyclic amines) is 1. The maximum atomic E-state index is 13.0. The molecule has 0 aliphatic carbocycles. The molecule has 0 bridgehead atoms. The van der Waals surface area contributed by atoms with Gasteiger partial charge in [0.25, 0.3) is 5.91 Å². The molecule has 2 saturated heterocycles. The van der Waals surface area contributed by atoms with Crippen molar-refractivity contribution in [2.75, 3.05) is 53.4 Å². The van der Waals surface area contributed by atoms with Gasteiger partial charge in [-0.25, -0.2) is 4.79 Å². The number of nitrogens with zero attached hydrogens (tertiary/aromatic N) is 4. The van der Waals surface area contributed by atoms with E-state index in [0.717, 1.165) is 57.5 Å². The van der Waals surface area contributed by atoms with Crippen LogP contribution < -0.4 is 0 Å². The quantitative estimate of drug-likeness (QED) is 0.434. The number of hydrogen-bond acceptors (Lipinski definition) is 3. The minimum absolute atomic E-state index is 0. The number of amides is 3. The normalized spacial score (nSPS) is 17.7. The fourth-order valence-electron chi connectivity index (χ4n) is 5.14. The van der Waals surface area contributed by atoms with Crippen molar-refractivity contribution < 1.29 is 9.59 Å². The Morgan fingerprint density at radius 1 is 1.03 bits per heavy atom. The zero-order valence-electron chi connectivity index (χ0n) is 20.9. The molecule has 196 valence electrons.